The Labute approximate surface area is 173 Å². The molecule has 9 heteroatoms. The van der Waals surface area contributed by atoms with E-state index >= 15 is 0 Å². The molecule has 156 valence electrons. The number of halogens is 1. The van der Waals surface area contributed by atoms with Crippen molar-refractivity contribution in [3.8, 4) is 0 Å². The van der Waals surface area contributed by atoms with E-state index in [9.17, 15) is 14.0 Å². The number of anilines is 1. The summed E-state index contributed by atoms with van der Waals surface area (Å²) in [5.74, 6) is -0.515. The fourth-order valence-electron chi connectivity index (χ4n) is 3.20. The summed E-state index contributed by atoms with van der Waals surface area (Å²) in [4.78, 5) is 28.6. The van der Waals surface area contributed by atoms with Gasteiger partial charge in [0.15, 0.2) is 0 Å². The zero-order valence-electron chi connectivity index (χ0n) is 16.6. The van der Waals surface area contributed by atoms with Crippen LogP contribution in [0.25, 0.3) is 0 Å². The number of aryl methyl sites for hydroxylation is 1. The van der Waals surface area contributed by atoms with Gasteiger partial charge in [-0.2, -0.15) is 0 Å². The third-order valence-corrected chi connectivity index (χ3v) is 5.73. The highest BCUT2D eigenvalue weighted by molar-refractivity contribution is 7.15. The van der Waals surface area contributed by atoms with Crippen molar-refractivity contribution >= 4 is 28.4 Å². The molecule has 1 N–H and O–H groups in total. The maximum atomic E-state index is 13.1. The van der Waals surface area contributed by atoms with E-state index in [0.717, 1.165) is 30.7 Å². The fourth-order valence-corrected chi connectivity index (χ4v) is 3.97. The molecular formula is C20H26FN5O2S. The van der Waals surface area contributed by atoms with Crippen LogP contribution in [0, 0.1) is 5.82 Å². The summed E-state index contributed by atoms with van der Waals surface area (Å²) in [7, 11) is 0. The van der Waals surface area contributed by atoms with Crippen LogP contribution in [0.2, 0.25) is 0 Å². The van der Waals surface area contributed by atoms with Crippen LogP contribution < -0.4 is 5.32 Å². The van der Waals surface area contributed by atoms with Crippen LogP contribution >= 0.6 is 11.3 Å². The van der Waals surface area contributed by atoms with Crippen LogP contribution in [-0.4, -0.2) is 58.1 Å². The predicted octanol–water partition coefficient (Wildman–Crippen LogP) is 3.79. The standard InChI is InChI=1S/C20H26FN5O2S/c1-2-3-4-6-17-23-24-19(29-17)22-20(28)26-12-5-11-25(13-14-26)18(27)15-7-9-16(21)10-8-15/h7-10H,2-6,11-14H2,1H3,(H,22,24,28). The molecule has 0 radical (unpaired) electrons. The first-order valence-corrected chi connectivity index (χ1v) is 10.8. The molecule has 1 aromatic carbocycles. The van der Waals surface area contributed by atoms with Crippen LogP contribution in [0.1, 0.15) is 48.0 Å². The van der Waals surface area contributed by atoms with Gasteiger partial charge >= 0.3 is 6.03 Å². The molecule has 3 amide bonds. The van der Waals surface area contributed by atoms with Crippen LogP contribution in [-0.2, 0) is 6.42 Å². The van der Waals surface area contributed by atoms with Crippen molar-refractivity contribution in [2.45, 2.75) is 39.0 Å². The summed E-state index contributed by atoms with van der Waals surface area (Å²) in [6.07, 6.45) is 4.94. The molecule has 1 saturated heterocycles. The Bertz CT molecular complexity index is 827. The topological polar surface area (TPSA) is 78.4 Å². The Morgan fingerprint density at radius 3 is 2.55 bits per heavy atom. The minimum Gasteiger partial charge on any atom is -0.337 e. The lowest BCUT2D eigenvalue weighted by Crippen LogP contribution is -2.39. The first kappa shape index (κ1) is 21.2. The number of rotatable bonds is 6. The van der Waals surface area contributed by atoms with Crippen LogP contribution in [0.15, 0.2) is 24.3 Å². The molecule has 0 unspecified atom stereocenters. The largest absolute Gasteiger partial charge is 0.337 e. The number of benzene rings is 1. The highest BCUT2D eigenvalue weighted by Crippen LogP contribution is 2.18. The number of nitrogens with one attached hydrogen (secondary N) is 1. The number of unbranched alkanes of at least 4 members (excludes halogenated alkanes) is 2. The van der Waals surface area contributed by atoms with Gasteiger partial charge in [0.25, 0.3) is 5.91 Å². The van der Waals surface area contributed by atoms with Crippen molar-refractivity contribution in [1.29, 1.82) is 0 Å². The van der Waals surface area contributed by atoms with E-state index in [1.54, 1.807) is 9.80 Å². The number of hydrogen-bond donors (Lipinski definition) is 1. The number of urea groups is 1. The Morgan fingerprint density at radius 2 is 1.79 bits per heavy atom. The number of aromatic nitrogens is 2. The number of nitrogens with zero attached hydrogens (tertiary/aromatic N) is 4. The summed E-state index contributed by atoms with van der Waals surface area (Å²) >= 11 is 1.41. The third-order valence-electron chi connectivity index (χ3n) is 4.84. The van der Waals surface area contributed by atoms with E-state index < -0.39 is 0 Å². The lowest BCUT2D eigenvalue weighted by molar-refractivity contribution is 0.0762. The highest BCUT2D eigenvalue weighted by atomic mass is 32.1. The molecule has 7 nitrogen and oxygen atoms in total. The molecule has 1 aliphatic heterocycles. The number of amides is 3. The van der Waals surface area contributed by atoms with Crippen molar-refractivity contribution in [2.24, 2.45) is 0 Å². The summed E-state index contributed by atoms with van der Waals surface area (Å²) < 4.78 is 13.1. The van der Waals surface area contributed by atoms with Crippen molar-refractivity contribution < 1.29 is 14.0 Å². The van der Waals surface area contributed by atoms with Gasteiger partial charge in [-0.3, -0.25) is 10.1 Å². The molecule has 1 fully saturated rings. The van der Waals surface area contributed by atoms with Gasteiger partial charge in [-0.15, -0.1) is 10.2 Å². The second-order valence-electron chi connectivity index (χ2n) is 7.03. The normalized spacial score (nSPS) is 14.6. The van der Waals surface area contributed by atoms with Crippen molar-refractivity contribution in [2.75, 3.05) is 31.5 Å². The Hall–Kier alpha value is -2.55. The average molecular weight is 420 g/mol. The molecule has 1 aliphatic rings. The molecule has 1 aromatic heterocycles. The minimum absolute atomic E-state index is 0.145. The molecule has 0 saturated carbocycles. The zero-order valence-corrected chi connectivity index (χ0v) is 17.4. The zero-order chi connectivity index (χ0) is 20.6. The van der Waals surface area contributed by atoms with Gasteiger partial charge < -0.3 is 9.80 Å². The first-order chi connectivity index (χ1) is 14.1. The van der Waals surface area contributed by atoms with Crippen molar-refractivity contribution in [1.82, 2.24) is 20.0 Å². The third kappa shape index (κ3) is 5.96. The molecular weight excluding hydrogens is 393 g/mol. The molecule has 3 rings (SSSR count). The van der Waals surface area contributed by atoms with E-state index in [2.05, 4.69) is 22.4 Å². The SMILES string of the molecule is CCCCCc1nnc(NC(=O)N2CCCN(C(=O)c3ccc(F)cc3)CC2)s1. The van der Waals surface area contributed by atoms with Crippen LogP contribution in [0.3, 0.4) is 0 Å². The van der Waals surface area contributed by atoms with E-state index in [1.807, 2.05) is 0 Å². The van der Waals surface area contributed by atoms with E-state index in [4.69, 9.17) is 0 Å². The predicted molar refractivity (Wildman–Crippen MR) is 111 cm³/mol. The van der Waals surface area contributed by atoms with E-state index in [0.29, 0.717) is 43.3 Å². The molecule has 29 heavy (non-hydrogen) atoms. The lowest BCUT2D eigenvalue weighted by Gasteiger charge is -2.22. The Morgan fingerprint density at radius 1 is 1.07 bits per heavy atom. The lowest BCUT2D eigenvalue weighted by atomic mass is 10.2. The second kappa shape index (κ2) is 10.3. The Kier molecular flexibility index (Phi) is 7.51. The molecule has 2 aromatic rings. The van der Waals surface area contributed by atoms with Gasteiger partial charge in [0.2, 0.25) is 5.13 Å². The maximum absolute atomic E-state index is 13.1. The highest BCUT2D eigenvalue weighted by Gasteiger charge is 2.23. The van der Waals surface area contributed by atoms with E-state index in [1.165, 1.54) is 35.6 Å². The van der Waals surface area contributed by atoms with Gasteiger partial charge in [-0.25, -0.2) is 9.18 Å². The summed E-state index contributed by atoms with van der Waals surface area (Å²) in [6.45, 7) is 4.13. The van der Waals surface area contributed by atoms with Gasteiger partial charge in [-0.05, 0) is 37.1 Å². The van der Waals surface area contributed by atoms with Crippen LogP contribution in [0.4, 0.5) is 14.3 Å². The summed E-state index contributed by atoms with van der Waals surface area (Å²) in [5.41, 5.74) is 0.453. The van der Waals surface area contributed by atoms with E-state index in [-0.39, 0.29) is 17.8 Å². The average Bonchev–Trinajstić information content (AvgIpc) is 3.01. The van der Waals surface area contributed by atoms with Gasteiger partial charge in [0.05, 0.1) is 0 Å². The molecule has 2 heterocycles. The van der Waals surface area contributed by atoms with Gasteiger partial charge in [0, 0.05) is 38.2 Å². The van der Waals surface area contributed by atoms with Gasteiger partial charge in [0.1, 0.15) is 10.8 Å². The van der Waals surface area contributed by atoms with Crippen LogP contribution in [0.5, 0.6) is 0 Å². The van der Waals surface area contributed by atoms with Gasteiger partial charge in [-0.1, -0.05) is 31.1 Å². The number of carbonyl (C=O) groups is 2. The summed E-state index contributed by atoms with van der Waals surface area (Å²) in [6, 6.07) is 5.31. The Balaban J connectivity index is 1.51. The summed E-state index contributed by atoms with van der Waals surface area (Å²) in [5, 5.41) is 12.4. The smallest absolute Gasteiger partial charge is 0.323 e. The van der Waals surface area contributed by atoms with Crippen molar-refractivity contribution in [3.05, 3.63) is 40.7 Å². The molecule has 0 aliphatic carbocycles. The minimum atomic E-state index is -0.370. The van der Waals surface area contributed by atoms with Crippen molar-refractivity contribution in [3.63, 3.8) is 0 Å². The monoisotopic (exact) mass is 419 g/mol. The molecule has 0 spiro atoms. The quantitative estimate of drug-likeness (QED) is 0.723. The molecule has 0 atom stereocenters. The number of carbonyl (C=O) groups excluding carboxylic acids is 2. The second-order valence-corrected chi connectivity index (χ2v) is 8.09. The number of hydrogen-bond acceptors (Lipinski definition) is 5. The fraction of sp³-hybridized carbons (Fsp3) is 0.500. The maximum Gasteiger partial charge on any atom is 0.323 e. The molecule has 0 bridgehead atoms. The first-order valence-electron chi connectivity index (χ1n) is 10.00.